The van der Waals surface area contributed by atoms with Gasteiger partial charge in [-0.05, 0) is 44.2 Å². The van der Waals surface area contributed by atoms with Gasteiger partial charge in [-0.15, -0.1) is 11.3 Å². The molecule has 1 aliphatic rings. The second-order valence-electron chi connectivity index (χ2n) is 5.44. The number of hydrogen-bond donors (Lipinski definition) is 2. The highest BCUT2D eigenvalue weighted by Crippen LogP contribution is 2.20. The number of carbonyl (C=O) groups is 1. The van der Waals surface area contributed by atoms with E-state index in [9.17, 15) is 4.79 Å². The van der Waals surface area contributed by atoms with Crippen molar-refractivity contribution >= 4 is 17.2 Å². The van der Waals surface area contributed by atoms with Gasteiger partial charge in [0.05, 0.1) is 12.6 Å². The van der Waals surface area contributed by atoms with E-state index in [1.54, 1.807) is 11.3 Å². The summed E-state index contributed by atoms with van der Waals surface area (Å²) in [6.07, 6.45) is 4.21. The molecule has 1 aromatic heterocycles. The van der Waals surface area contributed by atoms with Crippen LogP contribution in [-0.4, -0.2) is 41.7 Å². The fourth-order valence-electron chi connectivity index (χ4n) is 2.82. The number of aliphatic hydroxyl groups excluding tert-OH is 1. The van der Waals surface area contributed by atoms with E-state index in [4.69, 9.17) is 5.11 Å². The molecule has 112 valence electrons. The van der Waals surface area contributed by atoms with Gasteiger partial charge in [-0.2, -0.15) is 0 Å². The minimum atomic E-state index is 0.0728. The van der Waals surface area contributed by atoms with Crippen LogP contribution in [0.1, 0.15) is 43.5 Å². The number of nitrogens with zero attached hydrogens (tertiary/aromatic N) is 1. The van der Waals surface area contributed by atoms with E-state index in [1.165, 1.54) is 11.3 Å². The lowest BCUT2D eigenvalue weighted by Crippen LogP contribution is -2.46. The van der Waals surface area contributed by atoms with Gasteiger partial charge in [0.1, 0.15) is 0 Å². The van der Waals surface area contributed by atoms with Crippen LogP contribution in [0.4, 0.5) is 0 Å². The average Bonchev–Trinajstić information content (AvgIpc) is 2.95. The molecule has 1 fully saturated rings. The van der Waals surface area contributed by atoms with Gasteiger partial charge >= 0.3 is 0 Å². The van der Waals surface area contributed by atoms with Crippen molar-refractivity contribution in [2.24, 2.45) is 0 Å². The number of hydrogen-bond acceptors (Lipinski definition) is 4. The van der Waals surface area contributed by atoms with E-state index in [0.29, 0.717) is 12.6 Å². The molecule has 2 N–H and O–H groups in total. The van der Waals surface area contributed by atoms with Gasteiger partial charge in [-0.25, -0.2) is 0 Å². The van der Waals surface area contributed by atoms with Crippen LogP contribution in [0, 0.1) is 0 Å². The predicted octanol–water partition coefficient (Wildman–Crippen LogP) is 2.16. The standard InChI is InChI=1S/C15H24N2O2S/c1-12(14-6-4-10-20-14)16-15(19)11-17-8-3-2-5-13(17)7-9-18/h4,6,10,12-13,18H,2-3,5,7-9,11H2,1H3,(H,16,19). The zero-order chi connectivity index (χ0) is 14.4. The van der Waals surface area contributed by atoms with Gasteiger partial charge in [0.2, 0.25) is 5.91 Å². The number of nitrogens with one attached hydrogen (secondary N) is 1. The lowest BCUT2D eigenvalue weighted by molar-refractivity contribution is -0.123. The van der Waals surface area contributed by atoms with Crippen LogP contribution in [0.15, 0.2) is 17.5 Å². The number of aliphatic hydroxyl groups is 1. The molecule has 1 aromatic rings. The molecule has 0 saturated carbocycles. The molecule has 2 unspecified atom stereocenters. The Hall–Kier alpha value is -0.910. The summed E-state index contributed by atoms with van der Waals surface area (Å²) in [7, 11) is 0. The molecule has 0 aliphatic carbocycles. The maximum atomic E-state index is 12.2. The van der Waals surface area contributed by atoms with Gasteiger partial charge in [0.25, 0.3) is 0 Å². The van der Waals surface area contributed by atoms with Crippen LogP contribution in [-0.2, 0) is 4.79 Å². The normalized spacial score (nSPS) is 21.6. The lowest BCUT2D eigenvalue weighted by Gasteiger charge is -2.35. The molecule has 20 heavy (non-hydrogen) atoms. The monoisotopic (exact) mass is 296 g/mol. The van der Waals surface area contributed by atoms with Crippen molar-refractivity contribution in [2.45, 2.75) is 44.7 Å². The molecule has 4 nitrogen and oxygen atoms in total. The molecule has 5 heteroatoms. The number of likely N-dealkylation sites (tertiary alicyclic amines) is 1. The molecule has 0 radical (unpaired) electrons. The summed E-state index contributed by atoms with van der Waals surface area (Å²) in [5.74, 6) is 0.0794. The van der Waals surface area contributed by atoms with E-state index in [-0.39, 0.29) is 18.6 Å². The molecule has 2 heterocycles. The third kappa shape index (κ3) is 4.30. The minimum Gasteiger partial charge on any atom is -0.396 e. The molecule has 1 saturated heterocycles. The highest BCUT2D eigenvalue weighted by Gasteiger charge is 2.24. The molecular weight excluding hydrogens is 272 g/mol. The Labute approximate surface area is 124 Å². The SMILES string of the molecule is CC(NC(=O)CN1CCCCC1CCO)c1cccs1. The molecular formula is C15H24N2O2S. The second-order valence-corrected chi connectivity index (χ2v) is 6.42. The van der Waals surface area contributed by atoms with E-state index in [1.807, 2.05) is 24.4 Å². The van der Waals surface area contributed by atoms with Gasteiger partial charge < -0.3 is 10.4 Å². The minimum absolute atomic E-state index is 0.0728. The lowest BCUT2D eigenvalue weighted by atomic mass is 9.99. The van der Waals surface area contributed by atoms with Crippen LogP contribution in [0.3, 0.4) is 0 Å². The fraction of sp³-hybridized carbons (Fsp3) is 0.667. The number of amides is 1. The van der Waals surface area contributed by atoms with E-state index >= 15 is 0 Å². The molecule has 0 aromatic carbocycles. The first kappa shape index (κ1) is 15.5. The van der Waals surface area contributed by atoms with E-state index < -0.39 is 0 Å². The molecule has 2 rings (SSSR count). The smallest absolute Gasteiger partial charge is 0.234 e. The van der Waals surface area contributed by atoms with Crippen molar-refractivity contribution in [1.29, 1.82) is 0 Å². The Morgan fingerprint density at radius 2 is 2.45 bits per heavy atom. The maximum Gasteiger partial charge on any atom is 0.234 e. The van der Waals surface area contributed by atoms with Crippen LogP contribution >= 0.6 is 11.3 Å². The van der Waals surface area contributed by atoms with Crippen molar-refractivity contribution in [1.82, 2.24) is 10.2 Å². The van der Waals surface area contributed by atoms with Gasteiger partial charge in [0, 0.05) is 17.5 Å². The van der Waals surface area contributed by atoms with Crippen LogP contribution < -0.4 is 5.32 Å². The van der Waals surface area contributed by atoms with Crippen LogP contribution in [0.5, 0.6) is 0 Å². The summed E-state index contributed by atoms with van der Waals surface area (Å²) in [4.78, 5) is 15.6. The maximum absolute atomic E-state index is 12.2. The summed E-state index contributed by atoms with van der Waals surface area (Å²) in [5.41, 5.74) is 0. The Balaban J connectivity index is 1.83. The Morgan fingerprint density at radius 1 is 1.60 bits per heavy atom. The number of piperidine rings is 1. The quantitative estimate of drug-likeness (QED) is 0.846. The van der Waals surface area contributed by atoms with E-state index in [0.717, 1.165) is 25.8 Å². The van der Waals surface area contributed by atoms with E-state index in [2.05, 4.69) is 10.2 Å². The second kappa shape index (κ2) is 7.76. The molecule has 0 bridgehead atoms. The molecule has 1 amide bonds. The average molecular weight is 296 g/mol. The van der Waals surface area contributed by atoms with Crippen molar-refractivity contribution in [3.05, 3.63) is 22.4 Å². The Bertz CT molecular complexity index is 406. The molecule has 0 spiro atoms. The highest BCUT2D eigenvalue weighted by molar-refractivity contribution is 7.10. The number of carbonyl (C=O) groups excluding carboxylic acids is 1. The van der Waals surface area contributed by atoms with Crippen molar-refractivity contribution in [2.75, 3.05) is 19.7 Å². The van der Waals surface area contributed by atoms with Gasteiger partial charge in [-0.1, -0.05) is 12.5 Å². The van der Waals surface area contributed by atoms with Crippen molar-refractivity contribution in [3.63, 3.8) is 0 Å². The van der Waals surface area contributed by atoms with Gasteiger partial charge in [-0.3, -0.25) is 9.69 Å². The van der Waals surface area contributed by atoms with Gasteiger partial charge in [0.15, 0.2) is 0 Å². The first-order chi connectivity index (χ1) is 9.70. The largest absolute Gasteiger partial charge is 0.396 e. The Morgan fingerprint density at radius 3 is 3.15 bits per heavy atom. The zero-order valence-corrected chi connectivity index (χ0v) is 12.9. The Kier molecular flexibility index (Phi) is 6.01. The first-order valence-corrected chi connectivity index (χ1v) is 8.26. The van der Waals surface area contributed by atoms with Crippen LogP contribution in [0.25, 0.3) is 0 Å². The molecule has 2 atom stereocenters. The zero-order valence-electron chi connectivity index (χ0n) is 12.0. The third-order valence-electron chi connectivity index (χ3n) is 3.91. The summed E-state index contributed by atoms with van der Waals surface area (Å²) in [6.45, 7) is 3.63. The number of rotatable bonds is 6. The van der Waals surface area contributed by atoms with Crippen molar-refractivity contribution < 1.29 is 9.90 Å². The first-order valence-electron chi connectivity index (χ1n) is 7.38. The number of thiophene rings is 1. The molecule has 1 aliphatic heterocycles. The van der Waals surface area contributed by atoms with Crippen molar-refractivity contribution in [3.8, 4) is 0 Å². The fourth-order valence-corrected chi connectivity index (χ4v) is 3.56. The topological polar surface area (TPSA) is 52.6 Å². The van der Waals surface area contributed by atoms with Crippen LogP contribution in [0.2, 0.25) is 0 Å². The third-order valence-corrected chi connectivity index (χ3v) is 4.96. The summed E-state index contributed by atoms with van der Waals surface area (Å²) in [5, 5.41) is 14.2. The highest BCUT2D eigenvalue weighted by atomic mass is 32.1. The predicted molar refractivity (Wildman–Crippen MR) is 81.8 cm³/mol. The summed E-state index contributed by atoms with van der Waals surface area (Å²) in [6, 6.07) is 4.48. The summed E-state index contributed by atoms with van der Waals surface area (Å²) >= 11 is 1.67. The summed E-state index contributed by atoms with van der Waals surface area (Å²) < 4.78 is 0.